The minimum absolute atomic E-state index is 0.336. The zero-order chi connectivity index (χ0) is 21.0. The Morgan fingerprint density at radius 1 is 0.923 bits per heavy atom. The van der Waals surface area contributed by atoms with Crippen molar-refractivity contribution >= 4 is 39.8 Å². The van der Waals surface area contributed by atoms with Crippen LogP contribution in [0.3, 0.4) is 0 Å². The maximum atomic E-state index is 11.4. The van der Waals surface area contributed by atoms with E-state index < -0.39 is 39.8 Å². The van der Waals surface area contributed by atoms with Crippen LogP contribution in [0.4, 0.5) is 4.79 Å². The lowest BCUT2D eigenvalue weighted by molar-refractivity contribution is -0.807. The highest BCUT2D eigenvalue weighted by atomic mass is 28.5. The molecule has 0 aliphatic carbocycles. The SMILES string of the molecule is C=C[N+](C)(CCC[Si](O[Si](C)(C)C)(O[Si](C)(C)C)O[Si](C)(C)C)C(=O)[O-]. The van der Waals surface area contributed by atoms with Crippen LogP contribution in [0.15, 0.2) is 12.8 Å². The van der Waals surface area contributed by atoms with Gasteiger partial charge in [0.1, 0.15) is 0 Å². The lowest BCUT2D eigenvalue weighted by atomic mass is 10.4. The molecule has 0 aromatic carbocycles. The Bertz CT molecular complexity index is 456. The van der Waals surface area contributed by atoms with Crippen LogP contribution in [0, 0.1) is 0 Å². The van der Waals surface area contributed by atoms with Gasteiger partial charge >= 0.3 is 8.80 Å². The van der Waals surface area contributed by atoms with Gasteiger partial charge in [-0.05, 0) is 65.5 Å². The first-order valence-electron chi connectivity index (χ1n) is 9.14. The average Bonchev–Trinajstić information content (AvgIpc) is 2.31. The number of amides is 1. The average molecular weight is 438 g/mol. The molecule has 154 valence electrons. The minimum atomic E-state index is -2.92. The topological polar surface area (TPSA) is 67.8 Å². The normalized spacial score (nSPS) is 16.2. The van der Waals surface area contributed by atoms with Gasteiger partial charge in [-0.2, -0.15) is 0 Å². The van der Waals surface area contributed by atoms with Crippen molar-refractivity contribution in [2.75, 3.05) is 13.6 Å². The van der Waals surface area contributed by atoms with Crippen molar-refractivity contribution in [1.29, 1.82) is 0 Å². The highest BCUT2D eigenvalue weighted by Crippen LogP contribution is 2.30. The number of quaternary nitrogens is 1. The van der Waals surface area contributed by atoms with Crippen LogP contribution in [-0.2, 0) is 12.3 Å². The third kappa shape index (κ3) is 10.3. The third-order valence-electron chi connectivity index (χ3n) is 3.31. The summed E-state index contributed by atoms with van der Waals surface area (Å²) in [4.78, 5) is 11.4. The van der Waals surface area contributed by atoms with Crippen molar-refractivity contribution in [2.45, 2.75) is 71.4 Å². The van der Waals surface area contributed by atoms with Crippen molar-refractivity contribution in [3.05, 3.63) is 12.8 Å². The van der Waals surface area contributed by atoms with Gasteiger partial charge in [-0.25, -0.2) is 0 Å². The zero-order valence-corrected chi connectivity index (χ0v) is 22.4. The molecule has 0 bridgehead atoms. The number of nitrogens with zero attached hydrogens (tertiary/aromatic N) is 1. The summed E-state index contributed by atoms with van der Waals surface area (Å²) in [7, 11) is -7.08. The Hall–Kier alpha value is -0.0825. The predicted molar refractivity (Wildman–Crippen MR) is 115 cm³/mol. The summed E-state index contributed by atoms with van der Waals surface area (Å²) in [5.74, 6) is 0. The van der Waals surface area contributed by atoms with Gasteiger partial charge in [-0.15, -0.1) is 0 Å². The molecule has 0 fully saturated rings. The summed E-state index contributed by atoms with van der Waals surface area (Å²) in [6.07, 6.45) is 0.856. The molecule has 0 aliphatic heterocycles. The Labute approximate surface area is 164 Å². The molecule has 0 rings (SSSR count). The Balaban J connectivity index is 5.64. The van der Waals surface area contributed by atoms with Crippen molar-refractivity contribution in [1.82, 2.24) is 0 Å². The molecule has 0 aliphatic rings. The predicted octanol–water partition coefficient (Wildman–Crippen LogP) is 3.80. The standard InChI is InChI=1S/C16H39NO5Si4/c1-12-17(2,16(18)19)14-13-15-26(20-23(3,4)5,21-24(6,7)8)22-25(9,10)11/h12H,1,13-15H2,2-11H3. The summed E-state index contributed by atoms with van der Waals surface area (Å²) in [6, 6.07) is 0.612. The molecule has 0 spiro atoms. The second-order valence-corrected chi connectivity index (χ2v) is 26.9. The molecule has 1 atom stereocenters. The highest BCUT2D eigenvalue weighted by Gasteiger charge is 2.49. The Morgan fingerprint density at radius 3 is 1.50 bits per heavy atom. The maximum absolute atomic E-state index is 11.4. The molecule has 1 unspecified atom stereocenters. The van der Waals surface area contributed by atoms with Crippen molar-refractivity contribution in [3.63, 3.8) is 0 Å². The van der Waals surface area contributed by atoms with E-state index in [1.54, 1.807) is 7.05 Å². The van der Waals surface area contributed by atoms with E-state index >= 15 is 0 Å². The van der Waals surface area contributed by atoms with E-state index in [4.69, 9.17) is 12.3 Å². The molecule has 1 amide bonds. The van der Waals surface area contributed by atoms with E-state index in [0.29, 0.717) is 19.0 Å². The summed E-state index contributed by atoms with van der Waals surface area (Å²) in [6.45, 7) is 23.3. The first kappa shape index (κ1) is 25.9. The number of hydrogen-bond acceptors (Lipinski definition) is 5. The van der Waals surface area contributed by atoms with Crippen molar-refractivity contribution in [2.24, 2.45) is 0 Å². The van der Waals surface area contributed by atoms with E-state index in [-0.39, 0.29) is 4.48 Å². The largest absolute Gasteiger partial charge is 0.498 e. The molecular formula is C16H39NO5Si4. The zero-order valence-electron chi connectivity index (χ0n) is 18.4. The van der Waals surface area contributed by atoms with Gasteiger partial charge < -0.3 is 22.2 Å². The summed E-state index contributed by atoms with van der Waals surface area (Å²) in [5, 5.41) is 11.4. The second-order valence-electron chi connectivity index (χ2n) is 9.87. The highest BCUT2D eigenvalue weighted by molar-refractivity contribution is 6.90. The van der Waals surface area contributed by atoms with Crippen LogP contribution in [0.1, 0.15) is 6.42 Å². The lowest BCUT2D eigenvalue weighted by Gasteiger charge is -2.43. The quantitative estimate of drug-likeness (QED) is 0.363. The molecule has 0 aromatic heterocycles. The number of carbonyl (C=O) groups is 1. The first-order valence-corrected chi connectivity index (χ1v) is 21.3. The smallest absolute Gasteiger partial charge is 0.469 e. The molecule has 0 N–H and O–H groups in total. The van der Waals surface area contributed by atoms with E-state index in [9.17, 15) is 9.90 Å². The number of carboxylic acid groups (broad SMARTS) is 1. The third-order valence-corrected chi connectivity index (χ3v) is 15.4. The Kier molecular flexibility index (Phi) is 8.92. The van der Waals surface area contributed by atoms with E-state index in [1.807, 2.05) is 0 Å². The van der Waals surface area contributed by atoms with Crippen LogP contribution in [0.5, 0.6) is 0 Å². The fourth-order valence-electron chi connectivity index (χ4n) is 2.50. The molecule has 0 saturated carbocycles. The monoisotopic (exact) mass is 437 g/mol. The summed E-state index contributed by atoms with van der Waals surface area (Å²) in [5.41, 5.74) is 0. The summed E-state index contributed by atoms with van der Waals surface area (Å²) < 4.78 is 19.4. The van der Waals surface area contributed by atoms with E-state index in [1.165, 1.54) is 6.20 Å². The number of hydrogen-bond donors (Lipinski definition) is 0. The van der Waals surface area contributed by atoms with E-state index in [2.05, 4.69) is 65.5 Å². The van der Waals surface area contributed by atoms with Crippen LogP contribution in [-0.4, -0.2) is 57.9 Å². The first-order chi connectivity index (χ1) is 11.3. The van der Waals surface area contributed by atoms with Crippen LogP contribution in [0.25, 0.3) is 0 Å². The number of carbonyl (C=O) groups excluding carboxylic acids is 1. The van der Waals surface area contributed by atoms with Gasteiger partial charge in [0, 0.05) is 12.5 Å². The van der Waals surface area contributed by atoms with Crippen LogP contribution in [0.2, 0.25) is 65.0 Å². The molecule has 0 aromatic rings. The van der Waals surface area contributed by atoms with Crippen LogP contribution >= 0.6 is 0 Å². The van der Waals surface area contributed by atoms with Gasteiger partial charge in [0.15, 0.2) is 25.0 Å². The van der Waals surface area contributed by atoms with Gasteiger partial charge in [0.05, 0.1) is 19.8 Å². The maximum Gasteiger partial charge on any atom is 0.469 e. The second kappa shape index (κ2) is 8.95. The van der Waals surface area contributed by atoms with Gasteiger partial charge in [-0.3, -0.25) is 4.48 Å². The van der Waals surface area contributed by atoms with Crippen molar-refractivity contribution < 1.29 is 26.7 Å². The minimum Gasteiger partial charge on any atom is -0.498 e. The Morgan fingerprint density at radius 2 is 1.27 bits per heavy atom. The molecular weight excluding hydrogens is 399 g/mol. The fraction of sp³-hybridized carbons (Fsp3) is 0.812. The lowest BCUT2D eigenvalue weighted by Crippen LogP contribution is -2.61. The molecule has 0 radical (unpaired) electrons. The fourth-order valence-corrected chi connectivity index (χ4v) is 17.1. The van der Waals surface area contributed by atoms with E-state index in [0.717, 1.165) is 0 Å². The van der Waals surface area contributed by atoms with Crippen molar-refractivity contribution in [3.8, 4) is 0 Å². The molecule has 26 heavy (non-hydrogen) atoms. The van der Waals surface area contributed by atoms with Gasteiger partial charge in [-0.1, -0.05) is 0 Å². The summed E-state index contributed by atoms with van der Waals surface area (Å²) >= 11 is 0. The van der Waals surface area contributed by atoms with Crippen LogP contribution < -0.4 is 5.11 Å². The molecule has 6 nitrogen and oxygen atoms in total. The number of rotatable bonds is 11. The molecule has 10 heteroatoms. The molecule has 0 heterocycles. The van der Waals surface area contributed by atoms with Gasteiger partial charge in [0.2, 0.25) is 0 Å². The molecule has 0 saturated heterocycles. The van der Waals surface area contributed by atoms with Gasteiger partial charge in [0.25, 0.3) is 6.09 Å².